The lowest BCUT2D eigenvalue weighted by Gasteiger charge is -2.46. The number of aryl methyl sites for hydroxylation is 1. The molecule has 1 saturated heterocycles. The Labute approximate surface area is 194 Å². The van der Waals surface area contributed by atoms with E-state index in [0.717, 1.165) is 42.0 Å². The summed E-state index contributed by atoms with van der Waals surface area (Å²) in [6.45, 7) is 7.06. The summed E-state index contributed by atoms with van der Waals surface area (Å²) in [4.78, 5) is 32.4. The molecule has 0 bridgehead atoms. The van der Waals surface area contributed by atoms with Gasteiger partial charge in [0.25, 0.3) is 5.91 Å². The molecule has 5 rings (SSSR count). The molecule has 0 radical (unpaired) electrons. The Balaban J connectivity index is 1.54. The molecule has 3 aliphatic rings. The Morgan fingerprint density at radius 2 is 1.97 bits per heavy atom. The summed E-state index contributed by atoms with van der Waals surface area (Å²) in [5.74, 6) is 1.43. The van der Waals surface area contributed by atoms with E-state index in [2.05, 4.69) is 22.5 Å². The summed E-state index contributed by atoms with van der Waals surface area (Å²) >= 11 is 0. The highest BCUT2D eigenvalue weighted by Gasteiger charge is 2.47. The van der Waals surface area contributed by atoms with Gasteiger partial charge in [-0.1, -0.05) is 13.0 Å². The largest absolute Gasteiger partial charge is 0.379 e. The van der Waals surface area contributed by atoms with Crippen LogP contribution in [0.5, 0.6) is 0 Å². The zero-order chi connectivity index (χ0) is 23.1. The lowest BCUT2D eigenvalue weighted by molar-refractivity contribution is -0.117. The molecular weight excluding hydrogens is 416 g/mol. The second kappa shape index (κ2) is 8.78. The lowest BCUT2D eigenvalue weighted by Crippen LogP contribution is -2.51. The molecule has 174 valence electrons. The summed E-state index contributed by atoms with van der Waals surface area (Å²) < 4.78 is 5.40. The highest BCUT2D eigenvalue weighted by Crippen LogP contribution is 2.50. The van der Waals surface area contributed by atoms with Gasteiger partial charge in [-0.25, -0.2) is 4.98 Å². The minimum Gasteiger partial charge on any atom is -0.379 e. The number of ether oxygens (including phenoxy) is 1. The van der Waals surface area contributed by atoms with Crippen molar-refractivity contribution < 1.29 is 14.3 Å². The van der Waals surface area contributed by atoms with Crippen LogP contribution in [0.2, 0.25) is 0 Å². The van der Waals surface area contributed by atoms with Crippen molar-refractivity contribution >= 4 is 23.3 Å². The summed E-state index contributed by atoms with van der Waals surface area (Å²) in [6.07, 6.45) is 3.12. The number of rotatable bonds is 5. The molecule has 1 aromatic carbocycles. The van der Waals surface area contributed by atoms with Crippen molar-refractivity contribution in [2.45, 2.75) is 58.2 Å². The summed E-state index contributed by atoms with van der Waals surface area (Å²) in [5, 5.41) is 6.72. The number of nitrogens with one attached hydrogen (secondary N) is 2. The highest BCUT2D eigenvalue weighted by molar-refractivity contribution is 5.98. The van der Waals surface area contributed by atoms with Gasteiger partial charge in [-0.05, 0) is 68.0 Å². The maximum Gasteiger partial charge on any atom is 0.251 e. The number of hydrogen-bond donors (Lipinski definition) is 2. The lowest BCUT2D eigenvalue weighted by atomic mass is 9.79. The van der Waals surface area contributed by atoms with Gasteiger partial charge in [-0.15, -0.1) is 0 Å². The molecule has 0 spiro atoms. The van der Waals surface area contributed by atoms with Gasteiger partial charge in [0, 0.05) is 42.4 Å². The van der Waals surface area contributed by atoms with Gasteiger partial charge in [0.15, 0.2) is 0 Å². The van der Waals surface area contributed by atoms with Crippen LogP contribution in [0.1, 0.15) is 60.8 Å². The molecule has 2 aromatic rings. The van der Waals surface area contributed by atoms with Crippen molar-refractivity contribution in [2.75, 3.05) is 23.4 Å². The first-order chi connectivity index (χ1) is 15.9. The Morgan fingerprint density at radius 1 is 1.15 bits per heavy atom. The summed E-state index contributed by atoms with van der Waals surface area (Å²) in [7, 11) is 0. The van der Waals surface area contributed by atoms with Gasteiger partial charge in [0.2, 0.25) is 5.91 Å². The van der Waals surface area contributed by atoms with Crippen molar-refractivity contribution in [1.29, 1.82) is 0 Å². The van der Waals surface area contributed by atoms with E-state index in [1.807, 2.05) is 48.2 Å². The molecule has 2 aliphatic heterocycles. The molecule has 2 amide bonds. The van der Waals surface area contributed by atoms with Crippen LogP contribution < -0.4 is 15.5 Å². The maximum absolute atomic E-state index is 13.0. The van der Waals surface area contributed by atoms with Crippen LogP contribution in [-0.2, 0) is 9.53 Å². The fraction of sp³-hybridized carbons (Fsp3) is 0.500. The van der Waals surface area contributed by atoms with E-state index in [0.29, 0.717) is 24.7 Å². The molecule has 4 atom stereocenters. The van der Waals surface area contributed by atoms with Crippen LogP contribution in [0.3, 0.4) is 0 Å². The number of carbonyl (C=O) groups excluding carboxylic acids is 2. The molecule has 2 fully saturated rings. The average molecular weight is 449 g/mol. The molecule has 7 nitrogen and oxygen atoms in total. The number of anilines is 2. The number of benzene rings is 1. The molecule has 1 aliphatic carbocycles. The van der Waals surface area contributed by atoms with E-state index in [9.17, 15) is 9.59 Å². The monoisotopic (exact) mass is 448 g/mol. The van der Waals surface area contributed by atoms with Crippen molar-refractivity contribution in [2.24, 2.45) is 11.8 Å². The number of carbonyl (C=O) groups is 2. The van der Waals surface area contributed by atoms with Crippen LogP contribution in [0.4, 0.5) is 11.5 Å². The minimum atomic E-state index is -0.105. The molecule has 33 heavy (non-hydrogen) atoms. The van der Waals surface area contributed by atoms with Gasteiger partial charge in [0.1, 0.15) is 5.82 Å². The van der Waals surface area contributed by atoms with Gasteiger partial charge in [-0.2, -0.15) is 0 Å². The summed E-state index contributed by atoms with van der Waals surface area (Å²) in [5.41, 5.74) is 3.40. The third kappa shape index (κ3) is 4.34. The molecule has 1 aromatic heterocycles. The van der Waals surface area contributed by atoms with Gasteiger partial charge in [0.05, 0.1) is 18.7 Å². The fourth-order valence-electron chi connectivity index (χ4n) is 5.41. The number of hydrogen-bond acceptors (Lipinski definition) is 5. The third-order valence-electron chi connectivity index (χ3n) is 7.15. The first-order valence-electron chi connectivity index (χ1n) is 11.9. The number of pyridine rings is 1. The average Bonchev–Trinajstić information content (AvgIpc) is 3.50. The number of fused-ring (bicyclic) bond motifs is 1. The molecule has 1 unspecified atom stereocenters. The minimum absolute atomic E-state index is 0.0471. The highest BCUT2D eigenvalue weighted by atomic mass is 16.5. The number of amides is 2. The number of nitrogens with zero attached hydrogens (tertiary/aromatic N) is 2. The van der Waals surface area contributed by atoms with Crippen LogP contribution >= 0.6 is 0 Å². The SMILES string of the molecule is CC(=O)N1c2ccc(C(=O)NC3CCOC3)cc2[C@H](Nc2cccc(C)n2)[C@@H](C)[C@@H]1C1CC1. The van der Waals surface area contributed by atoms with Crippen LogP contribution in [0.15, 0.2) is 36.4 Å². The summed E-state index contributed by atoms with van der Waals surface area (Å²) in [6, 6.07) is 11.8. The van der Waals surface area contributed by atoms with Crippen LogP contribution in [-0.4, -0.2) is 42.1 Å². The topological polar surface area (TPSA) is 83.6 Å². The van der Waals surface area contributed by atoms with Crippen molar-refractivity contribution in [3.63, 3.8) is 0 Å². The third-order valence-corrected chi connectivity index (χ3v) is 7.15. The normalized spacial score (nSPS) is 26.6. The zero-order valence-corrected chi connectivity index (χ0v) is 19.5. The first kappa shape index (κ1) is 21.9. The van der Waals surface area contributed by atoms with Crippen molar-refractivity contribution in [3.8, 4) is 0 Å². The second-order valence-corrected chi connectivity index (χ2v) is 9.67. The predicted molar refractivity (Wildman–Crippen MR) is 127 cm³/mol. The molecule has 3 heterocycles. The quantitative estimate of drug-likeness (QED) is 0.726. The standard InChI is InChI=1S/C26H32N4O3/c1-15-5-4-6-23(27-15)29-24-16(2)25(18-7-8-18)30(17(3)31)22-10-9-19(13-21(22)24)26(32)28-20-11-12-33-14-20/h4-6,9-10,13,16,18,20,24-25H,7-8,11-12,14H2,1-3H3,(H,27,29)(H,28,32)/t16-,20?,24-,25-/m1/s1. The van der Waals surface area contributed by atoms with Crippen LogP contribution in [0.25, 0.3) is 0 Å². The molecular formula is C26H32N4O3. The predicted octanol–water partition coefficient (Wildman–Crippen LogP) is 3.84. The van der Waals surface area contributed by atoms with E-state index >= 15 is 0 Å². The smallest absolute Gasteiger partial charge is 0.251 e. The van der Waals surface area contributed by atoms with E-state index in [1.54, 1.807) is 6.92 Å². The van der Waals surface area contributed by atoms with E-state index in [1.165, 1.54) is 0 Å². The van der Waals surface area contributed by atoms with E-state index in [-0.39, 0.29) is 35.9 Å². The Morgan fingerprint density at radius 3 is 2.64 bits per heavy atom. The van der Waals surface area contributed by atoms with Gasteiger partial charge < -0.3 is 20.3 Å². The Bertz CT molecular complexity index is 1060. The maximum atomic E-state index is 13.0. The van der Waals surface area contributed by atoms with Gasteiger partial charge >= 0.3 is 0 Å². The van der Waals surface area contributed by atoms with Crippen molar-refractivity contribution in [1.82, 2.24) is 10.3 Å². The number of aromatic nitrogens is 1. The van der Waals surface area contributed by atoms with Crippen molar-refractivity contribution in [3.05, 3.63) is 53.2 Å². The van der Waals surface area contributed by atoms with E-state index in [4.69, 9.17) is 4.74 Å². The van der Waals surface area contributed by atoms with Crippen LogP contribution in [0, 0.1) is 18.8 Å². The fourth-order valence-corrected chi connectivity index (χ4v) is 5.41. The molecule has 7 heteroatoms. The molecule has 2 N–H and O–H groups in total. The van der Waals surface area contributed by atoms with E-state index < -0.39 is 0 Å². The zero-order valence-electron chi connectivity index (χ0n) is 19.5. The Kier molecular flexibility index (Phi) is 5.83. The Hall–Kier alpha value is -2.93. The first-order valence-corrected chi connectivity index (χ1v) is 11.9. The second-order valence-electron chi connectivity index (χ2n) is 9.67. The molecule has 1 saturated carbocycles. The van der Waals surface area contributed by atoms with Gasteiger partial charge in [-0.3, -0.25) is 9.59 Å².